The summed E-state index contributed by atoms with van der Waals surface area (Å²) in [5.41, 5.74) is 0.163. The van der Waals surface area contributed by atoms with Gasteiger partial charge in [0.25, 0.3) is 5.69 Å². The van der Waals surface area contributed by atoms with Crippen LogP contribution < -0.4 is 0 Å². The second-order valence-electron chi connectivity index (χ2n) is 2.19. The van der Waals surface area contributed by atoms with Crippen molar-refractivity contribution in [2.75, 3.05) is 0 Å². The molecule has 0 aliphatic heterocycles. The van der Waals surface area contributed by atoms with E-state index in [0.29, 0.717) is 4.90 Å². The molecule has 64 valence electrons. The molecule has 0 atom stereocenters. The Bertz CT molecular complexity index is 314. The summed E-state index contributed by atoms with van der Waals surface area (Å²) in [7, 11) is 0. The van der Waals surface area contributed by atoms with Gasteiger partial charge in [-0.2, -0.15) is 0 Å². The summed E-state index contributed by atoms with van der Waals surface area (Å²) in [6.07, 6.45) is 0. The van der Waals surface area contributed by atoms with Crippen molar-refractivity contribution in [3.05, 3.63) is 33.9 Å². The molecule has 1 rings (SSSR count). The van der Waals surface area contributed by atoms with Crippen LogP contribution in [0.15, 0.2) is 23.1 Å². The number of thiol groups is 1. The smallest absolute Gasteiger partial charge is 0.276 e. The van der Waals surface area contributed by atoms with E-state index < -0.39 is 4.92 Å². The van der Waals surface area contributed by atoms with Crippen LogP contribution >= 0.6 is 12.6 Å². The highest BCUT2D eigenvalue weighted by Crippen LogP contribution is 2.24. The molecule has 5 heteroatoms. The molecular weight excluding hydrogens is 178 g/mol. The van der Waals surface area contributed by atoms with Crippen LogP contribution in [0.1, 0.15) is 5.56 Å². The number of rotatable bonds is 2. The van der Waals surface area contributed by atoms with Crippen LogP contribution in [0.5, 0.6) is 0 Å². The zero-order valence-electron chi connectivity index (χ0n) is 6.10. The van der Waals surface area contributed by atoms with E-state index in [2.05, 4.69) is 12.6 Å². The van der Waals surface area contributed by atoms with Gasteiger partial charge in [0.15, 0.2) is 0 Å². The Morgan fingerprint density at radius 1 is 1.58 bits per heavy atom. The summed E-state index contributed by atoms with van der Waals surface area (Å²) in [6.45, 7) is -0.365. The van der Waals surface area contributed by atoms with Crippen molar-refractivity contribution in [3.63, 3.8) is 0 Å². The summed E-state index contributed by atoms with van der Waals surface area (Å²) in [4.78, 5) is 10.3. The normalized spacial score (nSPS) is 9.83. The molecule has 1 aromatic rings. The van der Waals surface area contributed by atoms with Crippen LogP contribution in [0.2, 0.25) is 0 Å². The van der Waals surface area contributed by atoms with E-state index in [1.54, 1.807) is 6.07 Å². The molecule has 0 radical (unpaired) electrons. The summed E-state index contributed by atoms with van der Waals surface area (Å²) in [5, 5.41) is 19.2. The number of hydrogen-bond acceptors (Lipinski definition) is 4. The van der Waals surface area contributed by atoms with Crippen LogP contribution in [0.25, 0.3) is 0 Å². The zero-order chi connectivity index (χ0) is 9.14. The van der Waals surface area contributed by atoms with Gasteiger partial charge in [-0.15, -0.1) is 12.6 Å². The highest BCUT2D eigenvalue weighted by Gasteiger charge is 2.13. The lowest BCUT2D eigenvalue weighted by Gasteiger charge is -2.00. The second kappa shape index (κ2) is 3.55. The Morgan fingerprint density at radius 2 is 2.25 bits per heavy atom. The first-order valence-corrected chi connectivity index (χ1v) is 3.67. The molecule has 0 spiro atoms. The average Bonchev–Trinajstić information content (AvgIpc) is 2.03. The molecule has 0 saturated heterocycles. The highest BCUT2D eigenvalue weighted by atomic mass is 32.1. The monoisotopic (exact) mass is 185 g/mol. The fourth-order valence-electron chi connectivity index (χ4n) is 0.896. The Balaban J connectivity index is 3.27. The lowest BCUT2D eigenvalue weighted by molar-refractivity contribution is -0.386. The molecule has 12 heavy (non-hydrogen) atoms. The Morgan fingerprint density at radius 3 is 2.67 bits per heavy atom. The minimum Gasteiger partial charge on any atom is -0.391 e. The molecule has 0 aliphatic rings. The number of hydrogen-bond donors (Lipinski definition) is 2. The van der Waals surface area contributed by atoms with Crippen LogP contribution in [0.4, 0.5) is 5.69 Å². The van der Waals surface area contributed by atoms with Gasteiger partial charge < -0.3 is 5.11 Å². The van der Waals surface area contributed by atoms with E-state index in [1.807, 2.05) is 0 Å². The van der Waals surface area contributed by atoms with Crippen molar-refractivity contribution in [2.45, 2.75) is 11.5 Å². The zero-order valence-corrected chi connectivity index (χ0v) is 6.99. The van der Waals surface area contributed by atoms with Gasteiger partial charge in [-0.3, -0.25) is 10.1 Å². The first-order chi connectivity index (χ1) is 5.66. The van der Waals surface area contributed by atoms with E-state index in [1.165, 1.54) is 12.1 Å². The largest absolute Gasteiger partial charge is 0.391 e. The van der Waals surface area contributed by atoms with E-state index in [9.17, 15) is 10.1 Å². The molecule has 0 saturated carbocycles. The predicted molar refractivity (Wildman–Crippen MR) is 46.3 cm³/mol. The van der Waals surface area contributed by atoms with Crippen molar-refractivity contribution in [1.29, 1.82) is 0 Å². The summed E-state index contributed by atoms with van der Waals surface area (Å²) in [5.74, 6) is 0. The summed E-state index contributed by atoms with van der Waals surface area (Å²) in [6, 6.07) is 4.46. The van der Waals surface area contributed by atoms with Crippen molar-refractivity contribution in [2.24, 2.45) is 0 Å². The summed E-state index contributed by atoms with van der Waals surface area (Å²) >= 11 is 3.98. The van der Waals surface area contributed by atoms with Gasteiger partial charge in [-0.05, 0) is 6.07 Å². The number of nitro groups is 1. The van der Waals surface area contributed by atoms with E-state index in [0.717, 1.165) is 0 Å². The van der Waals surface area contributed by atoms with Gasteiger partial charge in [-0.25, -0.2) is 0 Å². The Labute approximate surface area is 74.4 Å². The third-order valence-corrected chi connectivity index (χ3v) is 1.90. The molecule has 0 unspecified atom stereocenters. The fourth-order valence-corrected chi connectivity index (χ4v) is 1.17. The topological polar surface area (TPSA) is 63.4 Å². The highest BCUT2D eigenvalue weighted by molar-refractivity contribution is 7.80. The van der Waals surface area contributed by atoms with E-state index >= 15 is 0 Å². The minimum atomic E-state index is -0.536. The number of aliphatic hydroxyl groups is 1. The van der Waals surface area contributed by atoms with Gasteiger partial charge in [0.05, 0.1) is 17.1 Å². The number of nitro benzene ring substituents is 1. The summed E-state index contributed by atoms with van der Waals surface area (Å²) < 4.78 is 0. The number of benzene rings is 1. The lowest BCUT2D eigenvalue weighted by atomic mass is 10.2. The van der Waals surface area contributed by atoms with Crippen LogP contribution in [-0.4, -0.2) is 10.0 Å². The van der Waals surface area contributed by atoms with Crippen molar-refractivity contribution < 1.29 is 10.0 Å². The average molecular weight is 185 g/mol. The third-order valence-electron chi connectivity index (χ3n) is 1.48. The van der Waals surface area contributed by atoms with E-state index in [-0.39, 0.29) is 17.9 Å². The van der Waals surface area contributed by atoms with Crippen LogP contribution in [0.3, 0.4) is 0 Å². The number of aliphatic hydroxyl groups excluding tert-OH is 1. The molecule has 0 aliphatic carbocycles. The van der Waals surface area contributed by atoms with Gasteiger partial charge in [0, 0.05) is 11.0 Å². The SMILES string of the molecule is O=[N+]([O-])c1cccc(S)c1CO. The number of nitrogens with zero attached hydrogens (tertiary/aromatic N) is 1. The van der Waals surface area contributed by atoms with Crippen LogP contribution in [0, 0.1) is 10.1 Å². The van der Waals surface area contributed by atoms with Gasteiger partial charge >= 0.3 is 0 Å². The van der Waals surface area contributed by atoms with Crippen molar-refractivity contribution >= 4 is 18.3 Å². The molecule has 0 amide bonds. The molecular formula is C7H7NO3S. The lowest BCUT2D eigenvalue weighted by Crippen LogP contribution is -1.95. The van der Waals surface area contributed by atoms with Crippen molar-refractivity contribution in [1.82, 2.24) is 0 Å². The maximum Gasteiger partial charge on any atom is 0.276 e. The fraction of sp³-hybridized carbons (Fsp3) is 0.143. The Kier molecular flexibility index (Phi) is 2.67. The minimum absolute atomic E-state index is 0.0926. The van der Waals surface area contributed by atoms with Crippen LogP contribution in [-0.2, 0) is 6.61 Å². The molecule has 0 bridgehead atoms. The molecule has 0 fully saturated rings. The molecule has 1 N–H and O–H groups in total. The van der Waals surface area contributed by atoms with Gasteiger partial charge in [0.2, 0.25) is 0 Å². The molecule has 0 aromatic heterocycles. The van der Waals surface area contributed by atoms with Crippen molar-refractivity contribution in [3.8, 4) is 0 Å². The third kappa shape index (κ3) is 1.57. The first-order valence-electron chi connectivity index (χ1n) is 3.23. The maximum absolute atomic E-state index is 10.4. The molecule has 1 aromatic carbocycles. The van der Waals surface area contributed by atoms with E-state index in [4.69, 9.17) is 5.11 Å². The standard InChI is InChI=1S/C7H7NO3S/c9-4-5-6(8(10)11)2-1-3-7(5)12/h1-3,9,12H,4H2. The predicted octanol–water partition coefficient (Wildman–Crippen LogP) is 1.38. The first kappa shape index (κ1) is 9.02. The Hall–Kier alpha value is -1.07. The maximum atomic E-state index is 10.4. The molecule has 4 nitrogen and oxygen atoms in total. The second-order valence-corrected chi connectivity index (χ2v) is 2.67. The quantitative estimate of drug-likeness (QED) is 0.415. The molecule has 0 heterocycles. The van der Waals surface area contributed by atoms with Gasteiger partial charge in [0.1, 0.15) is 0 Å². The van der Waals surface area contributed by atoms with Gasteiger partial charge in [-0.1, -0.05) is 6.07 Å².